The highest BCUT2D eigenvalue weighted by Crippen LogP contribution is 2.24. The van der Waals surface area contributed by atoms with Gasteiger partial charge >= 0.3 is 0 Å². The van der Waals surface area contributed by atoms with Crippen LogP contribution >= 0.6 is 0 Å². The lowest BCUT2D eigenvalue weighted by Gasteiger charge is -2.29. The van der Waals surface area contributed by atoms with E-state index in [4.69, 9.17) is 4.52 Å². The fraction of sp³-hybridized carbons (Fsp3) is 0.500. The molecule has 0 amide bonds. The maximum absolute atomic E-state index is 5.40. The third-order valence-corrected chi connectivity index (χ3v) is 3.63. The summed E-state index contributed by atoms with van der Waals surface area (Å²) in [6.45, 7) is 8.66. The molecule has 20 heavy (non-hydrogen) atoms. The topological polar surface area (TPSA) is 51.0 Å². The Morgan fingerprint density at radius 2 is 1.95 bits per heavy atom. The number of aromatic nitrogens is 2. The van der Waals surface area contributed by atoms with E-state index >= 15 is 0 Å². The first-order chi connectivity index (χ1) is 9.41. The molecule has 1 aromatic carbocycles. The number of aryl methyl sites for hydroxylation is 1. The summed E-state index contributed by atoms with van der Waals surface area (Å²) in [4.78, 5) is 4.52. The molecule has 0 bridgehead atoms. The number of hydrogen-bond donors (Lipinski definition) is 1. The van der Waals surface area contributed by atoms with Gasteiger partial charge in [0.15, 0.2) is 0 Å². The zero-order chi connectivity index (χ0) is 14.8. The van der Waals surface area contributed by atoms with Gasteiger partial charge in [-0.2, -0.15) is 4.98 Å². The Morgan fingerprint density at radius 3 is 2.55 bits per heavy atom. The van der Waals surface area contributed by atoms with E-state index in [-0.39, 0.29) is 5.41 Å². The smallest absolute Gasteiger partial charge is 0.228 e. The van der Waals surface area contributed by atoms with Gasteiger partial charge in [0.05, 0.1) is 0 Å². The van der Waals surface area contributed by atoms with Crippen molar-refractivity contribution in [1.82, 2.24) is 15.5 Å². The first kappa shape index (κ1) is 14.7. The van der Waals surface area contributed by atoms with Crippen molar-refractivity contribution < 1.29 is 4.52 Å². The molecule has 2 aromatic rings. The molecule has 0 fully saturated rings. The summed E-state index contributed by atoms with van der Waals surface area (Å²) in [5.74, 6) is 1.35. The van der Waals surface area contributed by atoms with Crippen LogP contribution in [0.25, 0.3) is 11.4 Å². The Labute approximate surface area is 120 Å². The largest absolute Gasteiger partial charge is 0.339 e. The summed E-state index contributed by atoms with van der Waals surface area (Å²) in [6.07, 6.45) is 0.735. The van der Waals surface area contributed by atoms with Crippen molar-refractivity contribution in [3.63, 3.8) is 0 Å². The van der Waals surface area contributed by atoms with Crippen LogP contribution in [0.1, 0.15) is 32.2 Å². The minimum absolute atomic E-state index is 0.145. The Bertz CT molecular complexity index is 569. The first-order valence-electron chi connectivity index (χ1n) is 6.97. The van der Waals surface area contributed by atoms with Crippen molar-refractivity contribution in [1.29, 1.82) is 0 Å². The van der Waals surface area contributed by atoms with Crippen molar-refractivity contribution in [3.8, 4) is 11.4 Å². The lowest BCUT2D eigenvalue weighted by atomic mass is 9.85. The van der Waals surface area contributed by atoms with Crippen LogP contribution < -0.4 is 5.32 Å². The summed E-state index contributed by atoms with van der Waals surface area (Å²) in [7, 11) is 1.97. The Kier molecular flexibility index (Phi) is 4.23. The normalized spacial score (nSPS) is 13.4. The molecular formula is C16H23N3O. The third kappa shape index (κ3) is 3.25. The quantitative estimate of drug-likeness (QED) is 0.929. The summed E-state index contributed by atoms with van der Waals surface area (Å²) < 4.78 is 5.40. The number of nitrogens with one attached hydrogen (secondary N) is 1. The van der Waals surface area contributed by atoms with Gasteiger partial charge in [-0.15, -0.1) is 0 Å². The van der Waals surface area contributed by atoms with Gasteiger partial charge < -0.3 is 9.84 Å². The molecule has 2 rings (SSSR count). The molecule has 1 heterocycles. The van der Waals surface area contributed by atoms with Crippen molar-refractivity contribution in [3.05, 3.63) is 35.7 Å². The molecule has 1 unspecified atom stereocenters. The molecule has 1 aromatic heterocycles. The van der Waals surface area contributed by atoms with E-state index in [0.717, 1.165) is 17.5 Å². The minimum Gasteiger partial charge on any atom is -0.339 e. The standard InChI is InChI=1S/C16H23N3O/c1-11-8-6-7-9-12(11)15-18-14(20-19-15)10-13(17-5)16(2,3)4/h6-9,13,17H,10H2,1-5H3. The van der Waals surface area contributed by atoms with Crippen LogP contribution in [-0.2, 0) is 6.42 Å². The van der Waals surface area contributed by atoms with Crippen molar-refractivity contribution >= 4 is 0 Å². The van der Waals surface area contributed by atoms with Gasteiger partial charge in [-0.25, -0.2) is 0 Å². The lowest BCUT2D eigenvalue weighted by Crippen LogP contribution is -2.39. The van der Waals surface area contributed by atoms with Crippen LogP contribution in [0.4, 0.5) is 0 Å². The van der Waals surface area contributed by atoms with Gasteiger partial charge in [0.2, 0.25) is 11.7 Å². The molecule has 108 valence electrons. The molecule has 0 saturated heterocycles. The minimum atomic E-state index is 0.145. The number of likely N-dealkylation sites (N-methyl/N-ethyl adjacent to an activating group) is 1. The van der Waals surface area contributed by atoms with E-state index in [2.05, 4.69) is 49.2 Å². The number of nitrogens with zero attached hydrogens (tertiary/aromatic N) is 2. The van der Waals surface area contributed by atoms with Crippen LogP contribution in [0.3, 0.4) is 0 Å². The zero-order valence-corrected chi connectivity index (χ0v) is 12.9. The summed E-state index contributed by atoms with van der Waals surface area (Å²) in [5, 5.41) is 7.43. The van der Waals surface area contributed by atoms with E-state index in [1.165, 1.54) is 0 Å². The van der Waals surface area contributed by atoms with Gasteiger partial charge in [0.25, 0.3) is 0 Å². The average Bonchev–Trinajstić information content (AvgIpc) is 2.83. The molecule has 1 N–H and O–H groups in total. The second-order valence-electron chi connectivity index (χ2n) is 6.24. The fourth-order valence-electron chi connectivity index (χ4n) is 2.29. The molecule has 0 aliphatic rings. The molecule has 4 nitrogen and oxygen atoms in total. The zero-order valence-electron chi connectivity index (χ0n) is 12.9. The Balaban J connectivity index is 2.20. The van der Waals surface area contributed by atoms with E-state index in [0.29, 0.717) is 17.8 Å². The number of rotatable bonds is 4. The first-order valence-corrected chi connectivity index (χ1v) is 6.97. The average molecular weight is 273 g/mol. The summed E-state index contributed by atoms with van der Waals surface area (Å²) in [5.41, 5.74) is 2.33. The second kappa shape index (κ2) is 5.75. The van der Waals surface area contributed by atoms with Crippen LogP contribution in [0.5, 0.6) is 0 Å². The highest BCUT2D eigenvalue weighted by atomic mass is 16.5. The number of hydrogen-bond acceptors (Lipinski definition) is 4. The molecule has 0 radical (unpaired) electrons. The summed E-state index contributed by atoms with van der Waals surface area (Å²) >= 11 is 0. The highest BCUT2D eigenvalue weighted by Gasteiger charge is 2.25. The molecule has 0 aliphatic heterocycles. The maximum atomic E-state index is 5.40. The Hall–Kier alpha value is -1.68. The van der Waals surface area contributed by atoms with Crippen LogP contribution in [0.2, 0.25) is 0 Å². The predicted molar refractivity (Wildman–Crippen MR) is 80.5 cm³/mol. The van der Waals surface area contributed by atoms with Crippen LogP contribution in [0.15, 0.2) is 28.8 Å². The van der Waals surface area contributed by atoms with E-state index in [9.17, 15) is 0 Å². The van der Waals surface area contributed by atoms with Gasteiger partial charge in [-0.05, 0) is 24.9 Å². The predicted octanol–water partition coefficient (Wildman–Crippen LogP) is 3.22. The molecule has 1 atom stereocenters. The van der Waals surface area contributed by atoms with Crippen molar-refractivity contribution in [2.75, 3.05) is 7.05 Å². The molecular weight excluding hydrogens is 250 g/mol. The van der Waals surface area contributed by atoms with Gasteiger partial charge in [-0.1, -0.05) is 50.2 Å². The lowest BCUT2D eigenvalue weighted by molar-refractivity contribution is 0.255. The van der Waals surface area contributed by atoms with Gasteiger partial charge in [-0.3, -0.25) is 0 Å². The second-order valence-corrected chi connectivity index (χ2v) is 6.24. The third-order valence-electron chi connectivity index (χ3n) is 3.63. The fourth-order valence-corrected chi connectivity index (χ4v) is 2.29. The molecule has 0 saturated carbocycles. The van der Waals surface area contributed by atoms with E-state index < -0.39 is 0 Å². The number of benzene rings is 1. The molecule has 4 heteroatoms. The van der Waals surface area contributed by atoms with Crippen LogP contribution in [0, 0.1) is 12.3 Å². The maximum Gasteiger partial charge on any atom is 0.228 e. The molecule has 0 spiro atoms. The summed E-state index contributed by atoms with van der Waals surface area (Å²) in [6, 6.07) is 8.37. The SMILES string of the molecule is CNC(Cc1nc(-c2ccccc2C)no1)C(C)(C)C. The van der Waals surface area contributed by atoms with Crippen LogP contribution in [-0.4, -0.2) is 23.2 Å². The van der Waals surface area contributed by atoms with Crippen molar-refractivity contribution in [2.45, 2.75) is 40.2 Å². The van der Waals surface area contributed by atoms with E-state index in [1.54, 1.807) is 0 Å². The van der Waals surface area contributed by atoms with Crippen molar-refractivity contribution in [2.24, 2.45) is 5.41 Å². The van der Waals surface area contributed by atoms with E-state index in [1.807, 2.05) is 25.2 Å². The van der Waals surface area contributed by atoms with Gasteiger partial charge in [0.1, 0.15) is 0 Å². The Morgan fingerprint density at radius 1 is 1.25 bits per heavy atom. The monoisotopic (exact) mass is 273 g/mol. The van der Waals surface area contributed by atoms with Gasteiger partial charge in [0, 0.05) is 18.0 Å². The molecule has 0 aliphatic carbocycles. The highest BCUT2D eigenvalue weighted by molar-refractivity contribution is 5.58.